The topological polar surface area (TPSA) is 48.9 Å². The fourth-order valence-electron chi connectivity index (χ4n) is 1.35. The lowest BCUT2D eigenvalue weighted by Gasteiger charge is -2.17. The van der Waals surface area contributed by atoms with Gasteiger partial charge in [0.2, 0.25) is 0 Å². The average Bonchev–Trinajstić information content (AvgIpc) is 2.61. The molecule has 0 radical (unpaired) electrons. The Morgan fingerprint density at radius 3 is 2.71 bits per heavy atom. The molecule has 1 aromatic heterocycles. The molecule has 3 heteroatoms. The van der Waals surface area contributed by atoms with E-state index in [4.69, 9.17) is 0 Å². The van der Waals surface area contributed by atoms with Crippen molar-refractivity contribution >= 4 is 11.0 Å². The molecule has 0 saturated heterocycles. The van der Waals surface area contributed by atoms with Gasteiger partial charge >= 0.3 is 0 Å². The van der Waals surface area contributed by atoms with Crippen molar-refractivity contribution in [2.75, 3.05) is 6.61 Å². The Kier molecular flexibility index (Phi) is 2.04. The van der Waals surface area contributed by atoms with Crippen molar-refractivity contribution in [3.05, 3.63) is 30.1 Å². The van der Waals surface area contributed by atoms with Gasteiger partial charge in [0, 0.05) is 5.41 Å². The van der Waals surface area contributed by atoms with Crippen molar-refractivity contribution in [2.24, 2.45) is 0 Å². The molecule has 0 bridgehead atoms. The lowest BCUT2D eigenvalue weighted by Crippen LogP contribution is -2.23. The van der Waals surface area contributed by atoms with E-state index in [2.05, 4.69) is 9.97 Å². The highest BCUT2D eigenvalue weighted by Crippen LogP contribution is 2.22. The lowest BCUT2D eigenvalue weighted by atomic mass is 9.94. The summed E-state index contributed by atoms with van der Waals surface area (Å²) < 4.78 is 0. The van der Waals surface area contributed by atoms with E-state index in [9.17, 15) is 5.11 Å². The second kappa shape index (κ2) is 3.10. The summed E-state index contributed by atoms with van der Waals surface area (Å²) in [7, 11) is 0. The predicted molar refractivity (Wildman–Crippen MR) is 56.2 cm³/mol. The van der Waals surface area contributed by atoms with Crippen molar-refractivity contribution in [1.29, 1.82) is 0 Å². The first-order valence-corrected chi connectivity index (χ1v) is 4.69. The van der Waals surface area contributed by atoms with Crippen LogP contribution < -0.4 is 0 Å². The van der Waals surface area contributed by atoms with Crippen LogP contribution in [0.25, 0.3) is 11.0 Å². The Morgan fingerprint density at radius 2 is 2.07 bits per heavy atom. The van der Waals surface area contributed by atoms with E-state index in [1.807, 2.05) is 38.1 Å². The normalized spacial score (nSPS) is 12.2. The Balaban J connectivity index is 2.55. The molecule has 2 rings (SSSR count). The van der Waals surface area contributed by atoms with Crippen molar-refractivity contribution in [2.45, 2.75) is 19.3 Å². The van der Waals surface area contributed by atoms with Crippen LogP contribution in [0.5, 0.6) is 0 Å². The number of nitrogens with one attached hydrogen (secondary N) is 1. The summed E-state index contributed by atoms with van der Waals surface area (Å²) in [6.07, 6.45) is 0. The zero-order valence-electron chi connectivity index (χ0n) is 8.41. The number of nitrogens with zero attached hydrogens (tertiary/aromatic N) is 1. The molecule has 0 amide bonds. The molecular weight excluding hydrogens is 176 g/mol. The second-order valence-electron chi connectivity index (χ2n) is 4.14. The van der Waals surface area contributed by atoms with E-state index in [0.29, 0.717) is 0 Å². The maximum absolute atomic E-state index is 9.21. The van der Waals surface area contributed by atoms with E-state index in [0.717, 1.165) is 16.9 Å². The summed E-state index contributed by atoms with van der Waals surface area (Å²) in [5, 5.41) is 9.21. The first-order chi connectivity index (χ1) is 6.63. The predicted octanol–water partition coefficient (Wildman–Crippen LogP) is 1.83. The second-order valence-corrected chi connectivity index (χ2v) is 4.14. The van der Waals surface area contributed by atoms with Gasteiger partial charge in [0.1, 0.15) is 5.82 Å². The van der Waals surface area contributed by atoms with E-state index >= 15 is 0 Å². The minimum atomic E-state index is -0.307. The molecule has 2 N–H and O–H groups in total. The number of H-pyrrole nitrogens is 1. The highest BCUT2D eigenvalue weighted by atomic mass is 16.3. The van der Waals surface area contributed by atoms with Gasteiger partial charge in [-0.05, 0) is 12.1 Å². The number of aliphatic hydroxyl groups is 1. The van der Waals surface area contributed by atoms with E-state index in [1.165, 1.54) is 0 Å². The van der Waals surface area contributed by atoms with Crippen molar-refractivity contribution in [1.82, 2.24) is 9.97 Å². The van der Waals surface area contributed by atoms with Gasteiger partial charge in [-0.15, -0.1) is 0 Å². The Morgan fingerprint density at radius 1 is 1.36 bits per heavy atom. The molecule has 0 unspecified atom stereocenters. The van der Waals surface area contributed by atoms with Crippen LogP contribution in [0.2, 0.25) is 0 Å². The monoisotopic (exact) mass is 190 g/mol. The number of benzene rings is 1. The van der Waals surface area contributed by atoms with Crippen molar-refractivity contribution in [3.8, 4) is 0 Å². The summed E-state index contributed by atoms with van der Waals surface area (Å²) >= 11 is 0. The van der Waals surface area contributed by atoms with Gasteiger partial charge in [0.05, 0.1) is 17.6 Å². The smallest absolute Gasteiger partial charge is 0.115 e. The highest BCUT2D eigenvalue weighted by Gasteiger charge is 2.23. The molecule has 0 fully saturated rings. The minimum absolute atomic E-state index is 0.0901. The number of hydrogen-bond acceptors (Lipinski definition) is 2. The number of hydrogen-bond donors (Lipinski definition) is 2. The Bertz CT molecular complexity index is 412. The molecule has 3 nitrogen and oxygen atoms in total. The maximum Gasteiger partial charge on any atom is 0.115 e. The van der Waals surface area contributed by atoms with Crippen LogP contribution in [-0.2, 0) is 5.41 Å². The molecule has 0 aliphatic carbocycles. The molecule has 1 heterocycles. The third-order valence-electron chi connectivity index (χ3n) is 2.43. The molecular formula is C11H14N2O. The summed E-state index contributed by atoms with van der Waals surface area (Å²) in [5.41, 5.74) is 1.66. The SMILES string of the molecule is CC(C)(CO)c1nc2ccccc2[nH]1. The Hall–Kier alpha value is -1.35. The van der Waals surface area contributed by atoms with Gasteiger partial charge in [-0.25, -0.2) is 4.98 Å². The number of para-hydroxylation sites is 2. The number of imidazole rings is 1. The van der Waals surface area contributed by atoms with Gasteiger partial charge in [0.15, 0.2) is 0 Å². The first-order valence-electron chi connectivity index (χ1n) is 4.69. The zero-order valence-corrected chi connectivity index (χ0v) is 8.41. The van der Waals surface area contributed by atoms with Crippen LogP contribution in [0.15, 0.2) is 24.3 Å². The van der Waals surface area contributed by atoms with Crippen LogP contribution in [0.4, 0.5) is 0 Å². The zero-order chi connectivity index (χ0) is 10.2. The standard InChI is InChI=1S/C11H14N2O/c1-11(2,7-14)10-12-8-5-3-4-6-9(8)13-10/h3-6,14H,7H2,1-2H3,(H,12,13). The third-order valence-corrected chi connectivity index (χ3v) is 2.43. The van der Waals surface area contributed by atoms with Crippen molar-refractivity contribution < 1.29 is 5.11 Å². The molecule has 0 spiro atoms. The summed E-state index contributed by atoms with van der Waals surface area (Å²) in [4.78, 5) is 7.66. The van der Waals surface area contributed by atoms with Crippen LogP contribution >= 0.6 is 0 Å². The summed E-state index contributed by atoms with van der Waals surface area (Å²) in [5.74, 6) is 0.834. The Labute approximate surface area is 82.8 Å². The van der Waals surface area contributed by atoms with Gasteiger partial charge < -0.3 is 10.1 Å². The number of rotatable bonds is 2. The fraction of sp³-hybridized carbons (Fsp3) is 0.364. The molecule has 2 aromatic rings. The molecule has 74 valence electrons. The number of aliphatic hydroxyl groups excluding tert-OH is 1. The van der Waals surface area contributed by atoms with E-state index < -0.39 is 0 Å². The van der Waals surface area contributed by atoms with Crippen LogP contribution in [0.1, 0.15) is 19.7 Å². The largest absolute Gasteiger partial charge is 0.395 e. The van der Waals surface area contributed by atoms with E-state index in [-0.39, 0.29) is 12.0 Å². The number of fused-ring (bicyclic) bond motifs is 1. The molecule has 0 saturated carbocycles. The molecule has 0 aliphatic heterocycles. The number of aromatic nitrogens is 2. The molecule has 0 atom stereocenters. The van der Waals surface area contributed by atoms with Crippen LogP contribution in [0, 0.1) is 0 Å². The van der Waals surface area contributed by atoms with Crippen LogP contribution in [0.3, 0.4) is 0 Å². The van der Waals surface area contributed by atoms with Crippen molar-refractivity contribution in [3.63, 3.8) is 0 Å². The van der Waals surface area contributed by atoms with E-state index in [1.54, 1.807) is 0 Å². The molecule has 0 aliphatic rings. The first kappa shape index (κ1) is 9.21. The number of aromatic amines is 1. The quantitative estimate of drug-likeness (QED) is 0.759. The summed E-state index contributed by atoms with van der Waals surface area (Å²) in [6.45, 7) is 4.02. The van der Waals surface area contributed by atoms with Gasteiger partial charge in [-0.1, -0.05) is 26.0 Å². The van der Waals surface area contributed by atoms with Gasteiger partial charge in [-0.2, -0.15) is 0 Å². The third kappa shape index (κ3) is 1.40. The van der Waals surface area contributed by atoms with Gasteiger partial charge in [-0.3, -0.25) is 0 Å². The van der Waals surface area contributed by atoms with Gasteiger partial charge in [0.25, 0.3) is 0 Å². The highest BCUT2D eigenvalue weighted by molar-refractivity contribution is 5.74. The fourth-order valence-corrected chi connectivity index (χ4v) is 1.35. The molecule has 14 heavy (non-hydrogen) atoms. The molecule has 1 aromatic carbocycles. The average molecular weight is 190 g/mol. The lowest BCUT2D eigenvalue weighted by molar-refractivity contribution is 0.213. The minimum Gasteiger partial charge on any atom is -0.395 e. The maximum atomic E-state index is 9.21. The van der Waals surface area contributed by atoms with Crippen LogP contribution in [-0.4, -0.2) is 21.7 Å². The summed E-state index contributed by atoms with van der Waals surface area (Å²) in [6, 6.07) is 7.87.